The molecule has 0 spiro atoms. The summed E-state index contributed by atoms with van der Waals surface area (Å²) in [5.41, 5.74) is 8.18. The fourth-order valence-corrected chi connectivity index (χ4v) is 2.27. The van der Waals surface area contributed by atoms with Crippen LogP contribution in [0.2, 0.25) is 0 Å². The number of nitrogens with two attached hydrogens (primary N) is 1. The Balaban J connectivity index is 2.35. The van der Waals surface area contributed by atoms with Crippen molar-refractivity contribution in [2.75, 3.05) is 0 Å². The molecular weight excluding hydrogens is 226 g/mol. The topological polar surface area (TPSA) is 58.7 Å². The van der Waals surface area contributed by atoms with E-state index in [2.05, 4.69) is 24.0 Å². The molecule has 1 aliphatic heterocycles. The number of rotatable bonds is 3. The highest BCUT2D eigenvalue weighted by Crippen LogP contribution is 2.29. The SMILES string of the molecule is CCc1ccc(C2C(N)=NC(=O)N2C(C)C)cc1. The summed E-state index contributed by atoms with van der Waals surface area (Å²) in [6.45, 7) is 6.06. The van der Waals surface area contributed by atoms with Gasteiger partial charge in [0.05, 0.1) is 0 Å². The Kier molecular flexibility index (Phi) is 3.36. The van der Waals surface area contributed by atoms with Crippen LogP contribution in [0.15, 0.2) is 29.3 Å². The fourth-order valence-electron chi connectivity index (χ4n) is 2.27. The molecule has 2 N–H and O–H groups in total. The molecule has 4 heteroatoms. The Bertz CT molecular complexity index is 476. The van der Waals surface area contributed by atoms with E-state index in [-0.39, 0.29) is 18.1 Å². The highest BCUT2D eigenvalue weighted by atomic mass is 16.2. The highest BCUT2D eigenvalue weighted by molar-refractivity contribution is 6.03. The molecule has 1 aromatic rings. The Morgan fingerprint density at radius 1 is 1.33 bits per heavy atom. The molecule has 1 aliphatic rings. The molecule has 1 aromatic carbocycles. The van der Waals surface area contributed by atoms with Crippen LogP contribution in [0.3, 0.4) is 0 Å². The number of hydrogen-bond donors (Lipinski definition) is 1. The van der Waals surface area contributed by atoms with Crippen LogP contribution in [0.25, 0.3) is 0 Å². The summed E-state index contributed by atoms with van der Waals surface area (Å²) in [7, 11) is 0. The zero-order valence-electron chi connectivity index (χ0n) is 11.1. The van der Waals surface area contributed by atoms with Gasteiger partial charge in [-0.1, -0.05) is 31.2 Å². The third kappa shape index (κ3) is 2.10. The van der Waals surface area contributed by atoms with Crippen LogP contribution in [0.4, 0.5) is 4.79 Å². The van der Waals surface area contributed by atoms with Crippen molar-refractivity contribution in [3.63, 3.8) is 0 Å². The Morgan fingerprint density at radius 2 is 1.94 bits per heavy atom. The van der Waals surface area contributed by atoms with E-state index in [1.165, 1.54) is 5.56 Å². The third-order valence-electron chi connectivity index (χ3n) is 3.26. The standard InChI is InChI=1S/C14H19N3O/c1-4-10-5-7-11(8-6-10)12-13(15)16-14(18)17(12)9(2)3/h5-9,12H,4H2,1-3H3,(H2,15,16,18). The van der Waals surface area contributed by atoms with E-state index in [1.807, 2.05) is 26.0 Å². The van der Waals surface area contributed by atoms with E-state index < -0.39 is 0 Å². The van der Waals surface area contributed by atoms with Gasteiger partial charge in [-0.2, -0.15) is 4.99 Å². The number of carbonyl (C=O) groups excluding carboxylic acids is 1. The molecule has 4 nitrogen and oxygen atoms in total. The van der Waals surface area contributed by atoms with E-state index >= 15 is 0 Å². The summed E-state index contributed by atoms with van der Waals surface area (Å²) in [6, 6.07) is 7.82. The smallest absolute Gasteiger partial charge is 0.346 e. The molecule has 2 amide bonds. The van der Waals surface area contributed by atoms with Gasteiger partial charge in [0, 0.05) is 6.04 Å². The van der Waals surface area contributed by atoms with Crippen molar-refractivity contribution in [3.8, 4) is 0 Å². The second-order valence-electron chi connectivity index (χ2n) is 4.82. The number of aryl methyl sites for hydroxylation is 1. The van der Waals surface area contributed by atoms with Crippen molar-refractivity contribution in [1.29, 1.82) is 0 Å². The fraction of sp³-hybridized carbons (Fsp3) is 0.429. The predicted molar refractivity (Wildman–Crippen MR) is 72.6 cm³/mol. The Morgan fingerprint density at radius 3 is 2.44 bits per heavy atom. The van der Waals surface area contributed by atoms with Crippen molar-refractivity contribution in [2.45, 2.75) is 39.3 Å². The molecule has 2 rings (SSSR count). The van der Waals surface area contributed by atoms with Crippen molar-refractivity contribution in [1.82, 2.24) is 4.90 Å². The summed E-state index contributed by atoms with van der Waals surface area (Å²) < 4.78 is 0. The zero-order valence-corrected chi connectivity index (χ0v) is 11.1. The van der Waals surface area contributed by atoms with Gasteiger partial charge in [0.25, 0.3) is 0 Å². The summed E-state index contributed by atoms with van der Waals surface area (Å²) >= 11 is 0. The largest absolute Gasteiger partial charge is 0.385 e. The molecule has 0 saturated heterocycles. The first kappa shape index (κ1) is 12.6. The monoisotopic (exact) mass is 245 g/mol. The second-order valence-corrected chi connectivity index (χ2v) is 4.82. The molecular formula is C14H19N3O. The lowest BCUT2D eigenvalue weighted by Crippen LogP contribution is -2.38. The molecule has 0 aromatic heterocycles. The van der Waals surface area contributed by atoms with E-state index in [9.17, 15) is 4.79 Å². The lowest BCUT2D eigenvalue weighted by molar-refractivity contribution is 0.190. The minimum Gasteiger partial charge on any atom is -0.385 e. The number of nitrogens with zero attached hydrogens (tertiary/aromatic N) is 2. The molecule has 96 valence electrons. The van der Waals surface area contributed by atoms with Gasteiger partial charge in [-0.15, -0.1) is 0 Å². The first-order valence-electron chi connectivity index (χ1n) is 6.29. The van der Waals surface area contributed by atoms with Gasteiger partial charge in [0.15, 0.2) is 0 Å². The number of aliphatic imine (C=N–C) groups is 1. The normalized spacial score (nSPS) is 19.6. The van der Waals surface area contributed by atoms with Crippen molar-refractivity contribution in [2.24, 2.45) is 10.7 Å². The van der Waals surface area contributed by atoms with Crippen LogP contribution >= 0.6 is 0 Å². The average Bonchev–Trinajstić information content (AvgIpc) is 2.64. The van der Waals surface area contributed by atoms with Crippen LogP contribution in [0.1, 0.15) is 37.9 Å². The van der Waals surface area contributed by atoms with Crippen LogP contribution in [-0.4, -0.2) is 22.8 Å². The van der Waals surface area contributed by atoms with Crippen LogP contribution in [0.5, 0.6) is 0 Å². The quantitative estimate of drug-likeness (QED) is 0.889. The highest BCUT2D eigenvalue weighted by Gasteiger charge is 2.35. The Labute approximate surface area is 108 Å². The first-order valence-corrected chi connectivity index (χ1v) is 6.29. The molecule has 0 radical (unpaired) electrons. The van der Waals surface area contributed by atoms with Crippen molar-refractivity contribution in [3.05, 3.63) is 35.4 Å². The van der Waals surface area contributed by atoms with Gasteiger partial charge in [-0.25, -0.2) is 4.79 Å². The Hall–Kier alpha value is -1.84. The summed E-state index contributed by atoms with van der Waals surface area (Å²) in [6.07, 6.45) is 1.00. The number of benzene rings is 1. The van der Waals surface area contributed by atoms with Gasteiger partial charge >= 0.3 is 6.03 Å². The summed E-state index contributed by atoms with van der Waals surface area (Å²) in [4.78, 5) is 17.4. The molecule has 1 heterocycles. The molecule has 0 fully saturated rings. The molecule has 0 saturated carbocycles. The maximum atomic E-state index is 11.8. The van der Waals surface area contributed by atoms with Gasteiger partial charge in [0.1, 0.15) is 11.9 Å². The van der Waals surface area contributed by atoms with E-state index in [1.54, 1.807) is 4.90 Å². The van der Waals surface area contributed by atoms with Gasteiger partial charge in [-0.3, -0.25) is 0 Å². The van der Waals surface area contributed by atoms with Crippen LogP contribution < -0.4 is 5.73 Å². The van der Waals surface area contributed by atoms with Crippen molar-refractivity contribution < 1.29 is 4.79 Å². The summed E-state index contributed by atoms with van der Waals surface area (Å²) in [5.74, 6) is 0.387. The molecule has 1 atom stereocenters. The molecule has 0 bridgehead atoms. The second kappa shape index (κ2) is 4.80. The average molecular weight is 245 g/mol. The molecule has 18 heavy (non-hydrogen) atoms. The van der Waals surface area contributed by atoms with E-state index in [0.717, 1.165) is 12.0 Å². The summed E-state index contributed by atoms with van der Waals surface area (Å²) in [5, 5.41) is 0. The third-order valence-corrected chi connectivity index (χ3v) is 3.26. The maximum absolute atomic E-state index is 11.8. The van der Waals surface area contributed by atoms with Gasteiger partial charge < -0.3 is 10.6 Å². The zero-order chi connectivity index (χ0) is 13.3. The van der Waals surface area contributed by atoms with Gasteiger partial charge in [0.2, 0.25) is 0 Å². The number of carbonyl (C=O) groups is 1. The van der Waals surface area contributed by atoms with Gasteiger partial charge in [-0.05, 0) is 31.4 Å². The van der Waals surface area contributed by atoms with E-state index in [4.69, 9.17) is 5.73 Å². The number of hydrogen-bond acceptors (Lipinski definition) is 2. The maximum Gasteiger partial charge on any atom is 0.346 e. The minimum absolute atomic E-state index is 0.0816. The predicted octanol–water partition coefficient (Wildman–Crippen LogP) is 2.49. The first-order chi connectivity index (χ1) is 8.54. The number of amides is 2. The lowest BCUT2D eigenvalue weighted by Gasteiger charge is -2.28. The lowest BCUT2D eigenvalue weighted by atomic mass is 10.0. The molecule has 1 unspecified atom stereocenters. The minimum atomic E-state index is -0.243. The number of urea groups is 1. The number of amidine groups is 1. The van der Waals surface area contributed by atoms with Crippen LogP contribution in [-0.2, 0) is 6.42 Å². The van der Waals surface area contributed by atoms with Crippen molar-refractivity contribution >= 4 is 11.9 Å². The van der Waals surface area contributed by atoms with E-state index in [0.29, 0.717) is 5.84 Å². The van der Waals surface area contributed by atoms with Crippen LogP contribution in [0, 0.1) is 0 Å². The molecule has 0 aliphatic carbocycles.